The van der Waals surface area contributed by atoms with Crippen LogP contribution in [-0.2, 0) is 0 Å². The van der Waals surface area contributed by atoms with Gasteiger partial charge in [0.1, 0.15) is 6.04 Å². The molecule has 0 bridgehead atoms. The van der Waals surface area contributed by atoms with Crippen molar-refractivity contribution < 1.29 is 26.6 Å². The summed E-state index contributed by atoms with van der Waals surface area (Å²) in [6.45, 7) is 2.54. The second-order valence-electron chi connectivity index (χ2n) is 4.80. The van der Waals surface area contributed by atoms with Gasteiger partial charge in [0.25, 0.3) is 0 Å². The Bertz CT molecular complexity index is 123. The number of halogens is 1. The molecule has 0 aliphatic carbocycles. The average Bonchev–Trinajstić information content (AvgIpc) is 2.02. The van der Waals surface area contributed by atoms with Gasteiger partial charge >= 0.3 is 0 Å². The van der Waals surface area contributed by atoms with Gasteiger partial charge in [0.2, 0.25) is 0 Å². The first kappa shape index (κ1) is 16.8. The van der Waals surface area contributed by atoms with E-state index in [9.17, 15) is 5.11 Å². The second kappa shape index (κ2) is 8.69. The predicted molar refractivity (Wildman–Crippen MR) is 57.7 cm³/mol. The fourth-order valence-corrected chi connectivity index (χ4v) is 1.53. The van der Waals surface area contributed by atoms with Gasteiger partial charge in [-0.15, -0.1) is 0 Å². The van der Waals surface area contributed by atoms with Gasteiger partial charge < -0.3 is 26.6 Å². The molecule has 3 heteroatoms. The highest BCUT2D eigenvalue weighted by Crippen LogP contribution is 2.12. The summed E-state index contributed by atoms with van der Waals surface area (Å²) in [4.78, 5) is 0. The molecule has 88 valence electrons. The Labute approximate surface area is 99.7 Å². The van der Waals surface area contributed by atoms with Gasteiger partial charge in [-0.25, -0.2) is 0 Å². The number of aliphatic hydroxyl groups is 1. The van der Waals surface area contributed by atoms with Gasteiger partial charge in [-0.3, -0.25) is 0 Å². The Morgan fingerprint density at radius 1 is 1.07 bits per heavy atom. The minimum atomic E-state index is 0. The van der Waals surface area contributed by atoms with Crippen molar-refractivity contribution in [3.63, 3.8) is 0 Å². The van der Waals surface area contributed by atoms with Crippen LogP contribution in [0.1, 0.15) is 39.0 Å². The molecular formula is C11H26BrNO. The maximum absolute atomic E-state index is 9.20. The molecule has 0 saturated heterocycles. The highest BCUT2D eigenvalue weighted by atomic mass is 79.9. The largest absolute Gasteiger partial charge is 1.00 e. The van der Waals surface area contributed by atoms with E-state index in [1.807, 2.05) is 0 Å². The lowest BCUT2D eigenvalue weighted by Crippen LogP contribution is -3.00. The molecule has 1 unspecified atom stereocenters. The van der Waals surface area contributed by atoms with E-state index in [0.717, 1.165) is 10.9 Å². The van der Waals surface area contributed by atoms with E-state index in [-0.39, 0.29) is 17.0 Å². The Morgan fingerprint density at radius 3 is 2.00 bits per heavy atom. The van der Waals surface area contributed by atoms with Gasteiger partial charge in [-0.05, 0) is 6.42 Å². The van der Waals surface area contributed by atoms with Gasteiger partial charge in [0.15, 0.2) is 0 Å². The number of likely N-dealkylation sites (N-methyl/N-ethyl adjacent to an activating group) is 1. The summed E-state index contributed by atoms with van der Waals surface area (Å²) < 4.78 is 0.878. The smallest absolute Gasteiger partial charge is 0.112 e. The zero-order valence-corrected chi connectivity index (χ0v) is 11.7. The van der Waals surface area contributed by atoms with E-state index in [2.05, 4.69) is 28.1 Å². The minimum Gasteiger partial charge on any atom is -1.00 e. The van der Waals surface area contributed by atoms with Crippen molar-refractivity contribution in [2.75, 3.05) is 27.7 Å². The Morgan fingerprint density at radius 2 is 1.64 bits per heavy atom. The molecule has 0 aliphatic rings. The van der Waals surface area contributed by atoms with E-state index in [4.69, 9.17) is 0 Å². The molecule has 0 heterocycles. The lowest BCUT2D eigenvalue weighted by molar-refractivity contribution is -0.897. The van der Waals surface area contributed by atoms with E-state index in [1.54, 1.807) is 0 Å². The lowest BCUT2D eigenvalue weighted by atomic mass is 10.1. The van der Waals surface area contributed by atoms with E-state index < -0.39 is 0 Å². The minimum absolute atomic E-state index is 0. The number of hydrogen-bond acceptors (Lipinski definition) is 1. The first-order valence-electron chi connectivity index (χ1n) is 5.44. The Kier molecular flexibility index (Phi) is 10.4. The first-order valence-corrected chi connectivity index (χ1v) is 5.44. The van der Waals surface area contributed by atoms with Crippen molar-refractivity contribution >= 4 is 0 Å². The monoisotopic (exact) mass is 267 g/mol. The van der Waals surface area contributed by atoms with Gasteiger partial charge in [-0.1, -0.05) is 26.2 Å². The van der Waals surface area contributed by atoms with Crippen molar-refractivity contribution in [2.45, 2.75) is 45.1 Å². The average molecular weight is 268 g/mol. The molecule has 0 radical (unpaired) electrons. The van der Waals surface area contributed by atoms with Crippen LogP contribution in [0, 0.1) is 0 Å². The van der Waals surface area contributed by atoms with E-state index >= 15 is 0 Å². The molecule has 0 saturated carbocycles. The van der Waals surface area contributed by atoms with E-state index in [1.165, 1.54) is 25.7 Å². The fourth-order valence-electron chi connectivity index (χ4n) is 1.53. The van der Waals surface area contributed by atoms with Crippen LogP contribution in [0.4, 0.5) is 0 Å². The summed E-state index contributed by atoms with van der Waals surface area (Å²) in [5.74, 6) is 0. The van der Waals surface area contributed by atoms with Crippen molar-refractivity contribution in [2.24, 2.45) is 0 Å². The van der Waals surface area contributed by atoms with Crippen LogP contribution in [0.5, 0.6) is 0 Å². The van der Waals surface area contributed by atoms with E-state index in [0.29, 0.717) is 12.6 Å². The molecule has 0 aromatic rings. The number of aliphatic hydroxyl groups excluding tert-OH is 1. The Hall–Kier alpha value is 0.400. The lowest BCUT2D eigenvalue weighted by Gasteiger charge is -2.33. The number of unbranched alkanes of at least 4 members (excludes halogenated alkanes) is 3. The van der Waals surface area contributed by atoms with Crippen LogP contribution in [0.3, 0.4) is 0 Å². The van der Waals surface area contributed by atoms with Gasteiger partial charge in [-0.2, -0.15) is 0 Å². The van der Waals surface area contributed by atoms with Crippen molar-refractivity contribution in [3.8, 4) is 0 Å². The van der Waals surface area contributed by atoms with Crippen LogP contribution in [0.2, 0.25) is 0 Å². The molecule has 1 N–H and O–H groups in total. The third-order valence-corrected chi connectivity index (χ3v) is 2.70. The molecular weight excluding hydrogens is 242 g/mol. The molecule has 1 atom stereocenters. The summed E-state index contributed by atoms with van der Waals surface area (Å²) in [5.41, 5.74) is 0. The second-order valence-corrected chi connectivity index (χ2v) is 4.80. The predicted octanol–water partition coefficient (Wildman–Crippen LogP) is -0.972. The SMILES string of the molecule is CCCCCCC(CO)[N+](C)(C)C.[Br-]. The highest BCUT2D eigenvalue weighted by molar-refractivity contribution is 4.56. The highest BCUT2D eigenvalue weighted by Gasteiger charge is 2.21. The maximum atomic E-state index is 9.20. The summed E-state index contributed by atoms with van der Waals surface area (Å²) in [5, 5.41) is 9.20. The number of hydrogen-bond donors (Lipinski definition) is 1. The molecule has 0 rings (SSSR count). The number of nitrogens with zero attached hydrogens (tertiary/aromatic N) is 1. The van der Waals surface area contributed by atoms with Crippen LogP contribution in [0.15, 0.2) is 0 Å². The zero-order valence-electron chi connectivity index (χ0n) is 10.1. The first-order chi connectivity index (χ1) is 6.02. The van der Waals surface area contributed by atoms with Gasteiger partial charge in [0.05, 0.1) is 27.7 Å². The number of rotatable bonds is 7. The third-order valence-electron chi connectivity index (χ3n) is 2.70. The number of quaternary nitrogens is 1. The Balaban J connectivity index is 0. The van der Waals surface area contributed by atoms with Crippen LogP contribution in [0.25, 0.3) is 0 Å². The summed E-state index contributed by atoms with van der Waals surface area (Å²) in [6, 6.07) is 0.414. The third kappa shape index (κ3) is 7.77. The molecule has 0 amide bonds. The topological polar surface area (TPSA) is 20.2 Å². The summed E-state index contributed by atoms with van der Waals surface area (Å²) in [7, 11) is 6.46. The molecule has 0 aromatic carbocycles. The zero-order chi connectivity index (χ0) is 10.3. The molecule has 14 heavy (non-hydrogen) atoms. The van der Waals surface area contributed by atoms with Crippen LogP contribution in [-0.4, -0.2) is 43.4 Å². The van der Waals surface area contributed by atoms with Crippen molar-refractivity contribution in [3.05, 3.63) is 0 Å². The molecule has 0 aromatic heterocycles. The van der Waals surface area contributed by atoms with Crippen LogP contribution >= 0.6 is 0 Å². The standard InChI is InChI=1S/C11H26NO.BrH/c1-5-6-7-8-9-11(10-13)12(2,3)4;/h11,13H,5-10H2,1-4H3;1H/q+1;/p-1. The fraction of sp³-hybridized carbons (Fsp3) is 1.00. The molecule has 0 fully saturated rings. The maximum Gasteiger partial charge on any atom is 0.112 e. The summed E-state index contributed by atoms with van der Waals surface area (Å²) >= 11 is 0. The van der Waals surface area contributed by atoms with Crippen molar-refractivity contribution in [1.82, 2.24) is 0 Å². The molecule has 2 nitrogen and oxygen atoms in total. The van der Waals surface area contributed by atoms with Crippen LogP contribution < -0.4 is 17.0 Å². The molecule has 0 aliphatic heterocycles. The van der Waals surface area contributed by atoms with Gasteiger partial charge in [0, 0.05) is 6.42 Å². The quantitative estimate of drug-likeness (QED) is 0.465. The molecule has 0 spiro atoms. The van der Waals surface area contributed by atoms with Crippen molar-refractivity contribution in [1.29, 1.82) is 0 Å². The normalized spacial score (nSPS) is 13.5. The summed E-state index contributed by atoms with van der Waals surface area (Å²) in [6.07, 6.45) is 6.34.